The van der Waals surface area contributed by atoms with Gasteiger partial charge in [0.2, 0.25) is 0 Å². The van der Waals surface area contributed by atoms with Crippen molar-refractivity contribution in [1.29, 1.82) is 0 Å². The van der Waals surface area contributed by atoms with E-state index in [0.717, 1.165) is 18.1 Å². The minimum absolute atomic E-state index is 0.652. The zero-order valence-corrected chi connectivity index (χ0v) is 12.5. The summed E-state index contributed by atoms with van der Waals surface area (Å²) in [6.45, 7) is 0.652. The molecule has 0 saturated heterocycles. The third-order valence-corrected chi connectivity index (χ3v) is 3.42. The molecular formula is C15H24N4. The normalized spacial score (nSPS) is 13.7. The van der Waals surface area contributed by atoms with Crippen LogP contribution in [0.25, 0.3) is 0 Å². The van der Waals surface area contributed by atoms with E-state index in [1.165, 1.54) is 30.5 Å². The van der Waals surface area contributed by atoms with Crippen LogP contribution in [0.4, 0.5) is 0 Å². The van der Waals surface area contributed by atoms with Crippen LogP contribution in [0.5, 0.6) is 0 Å². The van der Waals surface area contributed by atoms with Crippen molar-refractivity contribution in [3.8, 4) is 0 Å². The fourth-order valence-electron chi connectivity index (χ4n) is 2.55. The Hall–Kier alpha value is -1.58. The van der Waals surface area contributed by atoms with E-state index in [1.807, 2.05) is 38.0 Å². The molecule has 0 saturated carbocycles. The molecule has 0 unspecified atom stereocenters. The number of guanidine groups is 1. The number of nitrogens with zero attached hydrogens (tertiary/aromatic N) is 4. The molecule has 1 aliphatic carbocycles. The van der Waals surface area contributed by atoms with Crippen LogP contribution in [0.15, 0.2) is 17.1 Å². The number of aliphatic imine (C=N–C) groups is 1. The monoisotopic (exact) mass is 260 g/mol. The molecule has 0 fully saturated rings. The summed E-state index contributed by atoms with van der Waals surface area (Å²) in [4.78, 5) is 13.5. The number of fused-ring (bicyclic) bond motifs is 1. The van der Waals surface area contributed by atoms with Gasteiger partial charge in [0, 0.05) is 33.9 Å². The second kappa shape index (κ2) is 6.04. The van der Waals surface area contributed by atoms with Crippen LogP contribution in [-0.4, -0.2) is 48.9 Å². The molecule has 0 spiro atoms. The Balaban J connectivity index is 2.13. The van der Waals surface area contributed by atoms with Gasteiger partial charge in [0.05, 0.1) is 12.2 Å². The lowest BCUT2D eigenvalue weighted by molar-refractivity contribution is 0.479. The van der Waals surface area contributed by atoms with Crippen molar-refractivity contribution in [3.63, 3.8) is 0 Å². The van der Waals surface area contributed by atoms with E-state index in [4.69, 9.17) is 4.98 Å². The maximum atomic E-state index is 4.76. The SMILES string of the molecule is CN(C)C(=NCc1ccc2c(n1)CCCC2)N(C)C. The summed E-state index contributed by atoms with van der Waals surface area (Å²) in [5.41, 5.74) is 3.79. The van der Waals surface area contributed by atoms with Gasteiger partial charge in [-0.15, -0.1) is 0 Å². The standard InChI is InChI=1S/C15H24N4/c1-18(2)15(19(3)4)16-11-13-10-9-12-7-5-6-8-14(12)17-13/h9-10H,5-8,11H2,1-4H3. The molecule has 0 aromatic carbocycles. The summed E-state index contributed by atoms with van der Waals surface area (Å²) in [6.07, 6.45) is 4.89. The Morgan fingerprint density at radius 3 is 2.47 bits per heavy atom. The van der Waals surface area contributed by atoms with Crippen LogP contribution in [0.1, 0.15) is 29.8 Å². The number of pyridine rings is 1. The molecule has 19 heavy (non-hydrogen) atoms. The van der Waals surface area contributed by atoms with Crippen molar-refractivity contribution < 1.29 is 0 Å². The molecular weight excluding hydrogens is 236 g/mol. The molecule has 0 N–H and O–H groups in total. The average Bonchev–Trinajstić information content (AvgIpc) is 2.38. The first-order valence-corrected chi connectivity index (χ1v) is 6.94. The molecule has 0 bridgehead atoms. The second-order valence-electron chi connectivity index (χ2n) is 5.52. The number of hydrogen-bond donors (Lipinski definition) is 0. The van der Waals surface area contributed by atoms with Gasteiger partial charge in [-0.1, -0.05) is 6.07 Å². The summed E-state index contributed by atoms with van der Waals surface area (Å²) >= 11 is 0. The van der Waals surface area contributed by atoms with Gasteiger partial charge in [-0.05, 0) is 37.3 Å². The fourth-order valence-corrected chi connectivity index (χ4v) is 2.55. The van der Waals surface area contributed by atoms with Crippen molar-refractivity contribution in [2.45, 2.75) is 32.2 Å². The lowest BCUT2D eigenvalue weighted by atomic mass is 9.96. The number of aromatic nitrogens is 1. The first-order valence-electron chi connectivity index (χ1n) is 6.94. The van der Waals surface area contributed by atoms with E-state index >= 15 is 0 Å². The number of rotatable bonds is 2. The van der Waals surface area contributed by atoms with E-state index in [9.17, 15) is 0 Å². The first-order chi connectivity index (χ1) is 9.08. The lowest BCUT2D eigenvalue weighted by Gasteiger charge is -2.22. The molecule has 1 aromatic rings. The van der Waals surface area contributed by atoms with Crippen molar-refractivity contribution in [2.24, 2.45) is 4.99 Å². The minimum Gasteiger partial charge on any atom is -0.349 e. The van der Waals surface area contributed by atoms with Crippen LogP contribution in [-0.2, 0) is 19.4 Å². The Morgan fingerprint density at radius 2 is 1.79 bits per heavy atom. The molecule has 2 rings (SSSR count). The van der Waals surface area contributed by atoms with Gasteiger partial charge in [0.1, 0.15) is 0 Å². The smallest absolute Gasteiger partial charge is 0.195 e. The zero-order chi connectivity index (χ0) is 13.8. The van der Waals surface area contributed by atoms with Crippen LogP contribution in [0.3, 0.4) is 0 Å². The summed E-state index contributed by atoms with van der Waals surface area (Å²) in [5, 5.41) is 0. The summed E-state index contributed by atoms with van der Waals surface area (Å²) in [7, 11) is 8.05. The van der Waals surface area contributed by atoms with Crippen molar-refractivity contribution in [1.82, 2.24) is 14.8 Å². The summed E-state index contributed by atoms with van der Waals surface area (Å²) < 4.78 is 0. The van der Waals surface area contributed by atoms with Crippen LogP contribution in [0.2, 0.25) is 0 Å². The van der Waals surface area contributed by atoms with E-state index in [1.54, 1.807) is 0 Å². The van der Waals surface area contributed by atoms with Crippen LogP contribution in [0, 0.1) is 0 Å². The molecule has 0 aliphatic heterocycles. The van der Waals surface area contributed by atoms with Gasteiger partial charge in [0.15, 0.2) is 5.96 Å². The van der Waals surface area contributed by atoms with E-state index in [-0.39, 0.29) is 0 Å². The van der Waals surface area contributed by atoms with Crippen molar-refractivity contribution in [3.05, 3.63) is 29.1 Å². The van der Waals surface area contributed by atoms with Gasteiger partial charge in [0.25, 0.3) is 0 Å². The molecule has 4 nitrogen and oxygen atoms in total. The topological polar surface area (TPSA) is 31.7 Å². The highest BCUT2D eigenvalue weighted by molar-refractivity contribution is 5.79. The van der Waals surface area contributed by atoms with Gasteiger partial charge < -0.3 is 9.80 Å². The Morgan fingerprint density at radius 1 is 1.11 bits per heavy atom. The highest BCUT2D eigenvalue weighted by Crippen LogP contribution is 2.19. The van der Waals surface area contributed by atoms with E-state index in [0.29, 0.717) is 6.54 Å². The summed E-state index contributed by atoms with van der Waals surface area (Å²) in [6, 6.07) is 4.36. The van der Waals surface area contributed by atoms with Gasteiger partial charge in [-0.2, -0.15) is 0 Å². The van der Waals surface area contributed by atoms with E-state index in [2.05, 4.69) is 17.1 Å². The average molecular weight is 260 g/mol. The van der Waals surface area contributed by atoms with Crippen molar-refractivity contribution >= 4 is 5.96 Å². The minimum atomic E-state index is 0.652. The Kier molecular flexibility index (Phi) is 4.40. The first kappa shape index (κ1) is 13.8. The zero-order valence-electron chi connectivity index (χ0n) is 12.5. The predicted octanol–water partition coefficient (Wildman–Crippen LogP) is 1.94. The maximum Gasteiger partial charge on any atom is 0.195 e. The highest BCUT2D eigenvalue weighted by Gasteiger charge is 2.11. The number of hydrogen-bond acceptors (Lipinski definition) is 2. The molecule has 1 aliphatic rings. The molecule has 0 amide bonds. The highest BCUT2D eigenvalue weighted by atomic mass is 15.3. The van der Waals surface area contributed by atoms with Gasteiger partial charge in [-0.3, -0.25) is 4.98 Å². The maximum absolute atomic E-state index is 4.76. The van der Waals surface area contributed by atoms with Gasteiger partial charge >= 0.3 is 0 Å². The second-order valence-corrected chi connectivity index (χ2v) is 5.52. The number of aryl methyl sites for hydroxylation is 2. The third-order valence-electron chi connectivity index (χ3n) is 3.42. The molecule has 1 heterocycles. The molecule has 1 aromatic heterocycles. The third kappa shape index (κ3) is 3.46. The quantitative estimate of drug-likeness (QED) is 0.601. The molecule has 104 valence electrons. The predicted molar refractivity (Wildman–Crippen MR) is 79.4 cm³/mol. The van der Waals surface area contributed by atoms with Crippen LogP contribution < -0.4 is 0 Å². The molecule has 0 atom stereocenters. The lowest BCUT2D eigenvalue weighted by Crippen LogP contribution is -2.35. The Bertz CT molecular complexity index is 453. The van der Waals surface area contributed by atoms with E-state index < -0.39 is 0 Å². The largest absolute Gasteiger partial charge is 0.349 e. The molecule has 4 heteroatoms. The van der Waals surface area contributed by atoms with Crippen molar-refractivity contribution in [2.75, 3.05) is 28.2 Å². The Labute approximate surface area is 116 Å². The fraction of sp³-hybridized carbons (Fsp3) is 0.600. The summed E-state index contributed by atoms with van der Waals surface area (Å²) in [5.74, 6) is 0.972. The van der Waals surface area contributed by atoms with Gasteiger partial charge in [-0.25, -0.2) is 4.99 Å². The van der Waals surface area contributed by atoms with Crippen LogP contribution >= 0.6 is 0 Å². The molecule has 0 radical (unpaired) electrons.